The van der Waals surface area contributed by atoms with E-state index in [1.54, 1.807) is 19.2 Å². The predicted molar refractivity (Wildman–Crippen MR) is 61.6 cm³/mol. The topological polar surface area (TPSA) is 30.5 Å². The first kappa shape index (κ1) is 14.8. The molecule has 102 valence electrons. The van der Waals surface area contributed by atoms with Gasteiger partial charge in [0.2, 0.25) is 0 Å². The monoisotopic (exact) mass is 263 g/mol. The number of benzene rings is 1. The minimum atomic E-state index is -4.65. The molecule has 0 radical (unpaired) electrons. The predicted octanol–water partition coefficient (Wildman–Crippen LogP) is 2.36. The summed E-state index contributed by atoms with van der Waals surface area (Å²) >= 11 is 0. The molecule has 0 aliphatic rings. The zero-order valence-electron chi connectivity index (χ0n) is 10.1. The van der Waals surface area contributed by atoms with E-state index in [-0.39, 0.29) is 5.75 Å². The third kappa shape index (κ3) is 5.88. The Bertz CT molecular complexity index is 355. The highest BCUT2D eigenvalue weighted by Crippen LogP contribution is 2.26. The molecule has 3 nitrogen and oxygen atoms in total. The highest BCUT2D eigenvalue weighted by molar-refractivity contribution is 5.33. The van der Waals surface area contributed by atoms with E-state index in [4.69, 9.17) is 4.74 Å². The molecule has 0 aromatic heterocycles. The first-order valence-electron chi connectivity index (χ1n) is 5.56. The molecule has 0 atom stereocenters. The maximum atomic E-state index is 12.2. The Hall–Kier alpha value is -1.27. The molecule has 0 fully saturated rings. The molecule has 0 saturated heterocycles. The zero-order chi connectivity index (χ0) is 13.4. The Labute approximate surface area is 104 Å². The third-order valence-electron chi connectivity index (χ3n) is 2.25. The molecule has 0 saturated carbocycles. The Morgan fingerprint density at radius 3 is 2.56 bits per heavy atom. The molecular weight excluding hydrogens is 247 g/mol. The summed E-state index contributed by atoms with van der Waals surface area (Å²) in [5, 5.41) is 3.06. The molecule has 0 spiro atoms. The van der Waals surface area contributed by atoms with Gasteiger partial charge in [0.05, 0.1) is 6.61 Å². The summed E-state index contributed by atoms with van der Waals surface area (Å²) < 4.78 is 45.3. The third-order valence-corrected chi connectivity index (χ3v) is 2.25. The summed E-state index contributed by atoms with van der Waals surface area (Å²) in [6.45, 7) is 1.81. The van der Waals surface area contributed by atoms with Crippen molar-refractivity contribution in [2.24, 2.45) is 0 Å². The number of alkyl halides is 3. The van der Waals surface area contributed by atoms with Gasteiger partial charge in [-0.25, -0.2) is 0 Å². The molecule has 1 rings (SSSR count). The standard InChI is InChI=1S/C12H16F3NO2/c1-17-9-8-16-7-6-10-4-2-3-5-11(10)18-12(13,14)15/h2-5,16H,6-9H2,1H3. The van der Waals surface area contributed by atoms with Crippen LogP contribution in [0.4, 0.5) is 13.2 Å². The van der Waals surface area contributed by atoms with Crippen molar-refractivity contribution < 1.29 is 22.6 Å². The molecule has 0 aliphatic heterocycles. The normalized spacial score (nSPS) is 11.6. The Balaban J connectivity index is 2.49. The summed E-state index contributed by atoms with van der Waals surface area (Å²) in [7, 11) is 1.59. The van der Waals surface area contributed by atoms with Crippen molar-refractivity contribution in [1.82, 2.24) is 5.32 Å². The van der Waals surface area contributed by atoms with Gasteiger partial charge in [0, 0.05) is 13.7 Å². The zero-order valence-corrected chi connectivity index (χ0v) is 10.1. The van der Waals surface area contributed by atoms with Gasteiger partial charge in [-0.3, -0.25) is 0 Å². The van der Waals surface area contributed by atoms with Gasteiger partial charge in [-0.05, 0) is 24.6 Å². The largest absolute Gasteiger partial charge is 0.573 e. The van der Waals surface area contributed by atoms with Gasteiger partial charge in [-0.15, -0.1) is 13.2 Å². The van der Waals surface area contributed by atoms with Crippen molar-refractivity contribution >= 4 is 0 Å². The van der Waals surface area contributed by atoms with E-state index in [1.165, 1.54) is 12.1 Å². The van der Waals surface area contributed by atoms with Crippen LogP contribution in [0.5, 0.6) is 5.75 Å². The highest BCUT2D eigenvalue weighted by atomic mass is 19.4. The number of rotatable bonds is 7. The van der Waals surface area contributed by atoms with E-state index in [0.717, 1.165) is 0 Å². The van der Waals surface area contributed by atoms with E-state index in [1.807, 2.05) is 0 Å². The van der Waals surface area contributed by atoms with Gasteiger partial charge < -0.3 is 14.8 Å². The van der Waals surface area contributed by atoms with Crippen LogP contribution in [0.25, 0.3) is 0 Å². The molecule has 0 bridgehead atoms. The van der Waals surface area contributed by atoms with Crippen LogP contribution in [0.15, 0.2) is 24.3 Å². The Morgan fingerprint density at radius 2 is 1.89 bits per heavy atom. The number of ether oxygens (including phenoxy) is 2. The summed E-state index contributed by atoms with van der Waals surface area (Å²) in [4.78, 5) is 0. The van der Waals surface area contributed by atoms with Crippen LogP contribution in [0.2, 0.25) is 0 Å². The smallest absolute Gasteiger partial charge is 0.406 e. The fourth-order valence-corrected chi connectivity index (χ4v) is 1.46. The van der Waals surface area contributed by atoms with Crippen LogP contribution in [0.1, 0.15) is 5.56 Å². The maximum absolute atomic E-state index is 12.2. The number of halogens is 3. The molecule has 6 heteroatoms. The van der Waals surface area contributed by atoms with Crippen LogP contribution < -0.4 is 10.1 Å². The van der Waals surface area contributed by atoms with Gasteiger partial charge in [-0.2, -0.15) is 0 Å². The lowest BCUT2D eigenvalue weighted by molar-refractivity contribution is -0.274. The SMILES string of the molecule is COCCNCCc1ccccc1OC(F)(F)F. The van der Waals surface area contributed by atoms with Crippen molar-refractivity contribution in [1.29, 1.82) is 0 Å². The first-order valence-corrected chi connectivity index (χ1v) is 5.56. The second-order valence-electron chi connectivity index (χ2n) is 3.65. The van der Waals surface area contributed by atoms with Gasteiger partial charge in [0.1, 0.15) is 5.75 Å². The van der Waals surface area contributed by atoms with Crippen molar-refractivity contribution in [3.8, 4) is 5.75 Å². The number of hydrogen-bond donors (Lipinski definition) is 1. The van der Waals surface area contributed by atoms with Crippen molar-refractivity contribution in [2.75, 3.05) is 26.8 Å². The highest BCUT2D eigenvalue weighted by Gasteiger charge is 2.31. The molecule has 0 amide bonds. The first-order chi connectivity index (χ1) is 8.53. The lowest BCUT2D eigenvalue weighted by atomic mass is 10.1. The number of para-hydroxylation sites is 1. The van der Waals surface area contributed by atoms with Crippen molar-refractivity contribution in [3.05, 3.63) is 29.8 Å². The Morgan fingerprint density at radius 1 is 1.17 bits per heavy atom. The lowest BCUT2D eigenvalue weighted by Gasteiger charge is -2.13. The summed E-state index contributed by atoms with van der Waals surface area (Å²) in [6.07, 6.45) is -4.18. The second kappa shape index (κ2) is 7.23. The van der Waals surface area contributed by atoms with E-state index < -0.39 is 6.36 Å². The Kier molecular flexibility index (Phi) is 5.94. The second-order valence-corrected chi connectivity index (χ2v) is 3.65. The molecule has 0 heterocycles. The van der Waals surface area contributed by atoms with Gasteiger partial charge in [-0.1, -0.05) is 18.2 Å². The van der Waals surface area contributed by atoms with Crippen molar-refractivity contribution in [3.63, 3.8) is 0 Å². The van der Waals surface area contributed by atoms with Crippen LogP contribution in [0, 0.1) is 0 Å². The number of hydrogen-bond acceptors (Lipinski definition) is 3. The van der Waals surface area contributed by atoms with E-state index >= 15 is 0 Å². The average Bonchev–Trinajstić information content (AvgIpc) is 2.29. The van der Waals surface area contributed by atoms with E-state index in [0.29, 0.717) is 31.7 Å². The lowest BCUT2D eigenvalue weighted by Crippen LogP contribution is -2.23. The van der Waals surface area contributed by atoms with Gasteiger partial charge >= 0.3 is 6.36 Å². The molecule has 0 unspecified atom stereocenters. The molecule has 1 aromatic rings. The van der Waals surface area contributed by atoms with Crippen LogP contribution >= 0.6 is 0 Å². The average molecular weight is 263 g/mol. The summed E-state index contributed by atoms with van der Waals surface area (Å²) in [5.74, 6) is -0.140. The minimum Gasteiger partial charge on any atom is -0.406 e. The number of methoxy groups -OCH3 is 1. The van der Waals surface area contributed by atoms with Crippen LogP contribution in [-0.2, 0) is 11.2 Å². The molecule has 1 aromatic carbocycles. The summed E-state index contributed by atoms with van der Waals surface area (Å²) in [6, 6.07) is 6.15. The maximum Gasteiger partial charge on any atom is 0.573 e. The van der Waals surface area contributed by atoms with Gasteiger partial charge in [0.15, 0.2) is 0 Å². The van der Waals surface area contributed by atoms with Crippen molar-refractivity contribution in [2.45, 2.75) is 12.8 Å². The molecule has 18 heavy (non-hydrogen) atoms. The quantitative estimate of drug-likeness (QED) is 0.766. The van der Waals surface area contributed by atoms with Crippen LogP contribution in [-0.4, -0.2) is 33.2 Å². The number of nitrogens with one attached hydrogen (secondary N) is 1. The summed E-state index contributed by atoms with van der Waals surface area (Å²) in [5.41, 5.74) is 0.528. The molecular formula is C12H16F3NO2. The van der Waals surface area contributed by atoms with E-state index in [2.05, 4.69) is 10.1 Å². The van der Waals surface area contributed by atoms with E-state index in [9.17, 15) is 13.2 Å². The molecule has 1 N–H and O–H groups in total. The van der Waals surface area contributed by atoms with Gasteiger partial charge in [0.25, 0.3) is 0 Å². The minimum absolute atomic E-state index is 0.140. The fourth-order valence-electron chi connectivity index (χ4n) is 1.46. The molecule has 0 aliphatic carbocycles. The van der Waals surface area contributed by atoms with Crippen LogP contribution in [0.3, 0.4) is 0 Å². The fraction of sp³-hybridized carbons (Fsp3) is 0.500.